The Labute approximate surface area is 111 Å². The van der Waals surface area contributed by atoms with E-state index in [1.165, 1.54) is 17.3 Å². The maximum Gasteiger partial charge on any atom is 0.372 e. The Hall–Kier alpha value is -2.05. The molecule has 0 atom stereocenters. The molecule has 102 valence electrons. The minimum Gasteiger partial charge on any atom is -0.243 e. The Morgan fingerprint density at radius 3 is 2.58 bits per heavy atom. The topological polar surface area (TPSA) is 78.5 Å². The van der Waals surface area contributed by atoms with Gasteiger partial charge in [-0.2, -0.15) is 14.5 Å². The molecule has 19 heavy (non-hydrogen) atoms. The zero-order chi connectivity index (χ0) is 14.0. The van der Waals surface area contributed by atoms with E-state index in [1.807, 2.05) is 13.8 Å². The molecule has 0 fully saturated rings. The number of nitrogens with zero attached hydrogens (tertiary/aromatic N) is 6. The van der Waals surface area contributed by atoms with Gasteiger partial charge in [0, 0.05) is 12.3 Å². The first kappa shape index (κ1) is 13.4. The van der Waals surface area contributed by atoms with E-state index in [4.69, 9.17) is 0 Å². The monoisotopic (exact) mass is 262 g/mol. The van der Waals surface area contributed by atoms with Gasteiger partial charge in [-0.25, -0.2) is 14.8 Å². The van der Waals surface area contributed by atoms with Crippen LogP contribution >= 0.6 is 0 Å². The molecule has 0 aliphatic heterocycles. The summed E-state index contributed by atoms with van der Waals surface area (Å²) in [5.74, 6) is 1.89. The third-order valence-corrected chi connectivity index (χ3v) is 2.58. The zero-order valence-corrected chi connectivity index (χ0v) is 11.6. The average Bonchev–Trinajstić information content (AvgIpc) is 2.94. The predicted octanol–water partition coefficient (Wildman–Crippen LogP) is 1.71. The summed E-state index contributed by atoms with van der Waals surface area (Å²) in [5.41, 5.74) is 0. The van der Waals surface area contributed by atoms with Gasteiger partial charge in [0.2, 0.25) is 0 Å². The van der Waals surface area contributed by atoms with Crippen molar-refractivity contribution in [2.45, 2.75) is 40.0 Å². The van der Waals surface area contributed by atoms with Crippen LogP contribution in [0.3, 0.4) is 0 Å². The van der Waals surface area contributed by atoms with Crippen molar-refractivity contribution in [3.8, 4) is 0 Å². The summed E-state index contributed by atoms with van der Waals surface area (Å²) in [6, 6.07) is -0.358. The van der Waals surface area contributed by atoms with Gasteiger partial charge in [0.25, 0.3) is 0 Å². The van der Waals surface area contributed by atoms with Crippen molar-refractivity contribution in [1.82, 2.24) is 29.5 Å². The molecular weight excluding hydrogens is 244 g/mol. The summed E-state index contributed by atoms with van der Waals surface area (Å²) in [6.07, 6.45) is 3.42. The van der Waals surface area contributed by atoms with Gasteiger partial charge in [0.1, 0.15) is 18.5 Å². The summed E-state index contributed by atoms with van der Waals surface area (Å²) in [4.78, 5) is 20.5. The van der Waals surface area contributed by atoms with Crippen LogP contribution in [0.5, 0.6) is 0 Å². The summed E-state index contributed by atoms with van der Waals surface area (Å²) in [6.45, 7) is 8.15. The minimum atomic E-state index is -0.358. The van der Waals surface area contributed by atoms with Gasteiger partial charge in [-0.3, -0.25) is 0 Å². The number of carbonyl (C=O) groups is 1. The highest BCUT2D eigenvalue weighted by atomic mass is 16.2. The van der Waals surface area contributed by atoms with E-state index in [2.05, 4.69) is 34.0 Å². The van der Waals surface area contributed by atoms with Crippen molar-refractivity contribution in [1.29, 1.82) is 0 Å². The number of hydrogen-bond donors (Lipinski definition) is 0. The SMILES string of the molecule is CC(C)Cc1nc(C(C)C)n(C(=O)n2cncn2)n1. The zero-order valence-electron chi connectivity index (χ0n) is 11.6. The predicted molar refractivity (Wildman–Crippen MR) is 68.9 cm³/mol. The number of rotatable bonds is 3. The van der Waals surface area contributed by atoms with Gasteiger partial charge in [-0.1, -0.05) is 27.7 Å². The Morgan fingerprint density at radius 2 is 2.05 bits per heavy atom. The van der Waals surface area contributed by atoms with Crippen LogP contribution in [0.1, 0.15) is 45.3 Å². The van der Waals surface area contributed by atoms with Crippen LogP contribution in [-0.4, -0.2) is 35.6 Å². The quantitative estimate of drug-likeness (QED) is 0.841. The second-order valence-electron chi connectivity index (χ2n) is 5.17. The van der Waals surface area contributed by atoms with Crippen LogP contribution in [0.25, 0.3) is 0 Å². The molecule has 0 spiro atoms. The molecule has 7 nitrogen and oxygen atoms in total. The van der Waals surface area contributed by atoms with E-state index < -0.39 is 0 Å². The molecule has 0 radical (unpaired) electrons. The molecule has 0 saturated carbocycles. The van der Waals surface area contributed by atoms with Gasteiger partial charge in [0.05, 0.1) is 0 Å². The maximum absolute atomic E-state index is 12.3. The van der Waals surface area contributed by atoms with Crippen molar-refractivity contribution < 1.29 is 4.79 Å². The molecule has 0 aliphatic carbocycles. The lowest BCUT2D eigenvalue weighted by molar-refractivity contribution is 0.236. The first-order valence-corrected chi connectivity index (χ1v) is 6.34. The van der Waals surface area contributed by atoms with Crippen LogP contribution in [0.4, 0.5) is 4.79 Å². The first-order valence-electron chi connectivity index (χ1n) is 6.34. The average molecular weight is 262 g/mol. The van der Waals surface area contributed by atoms with Crippen molar-refractivity contribution in [3.63, 3.8) is 0 Å². The Balaban J connectivity index is 2.38. The first-order chi connectivity index (χ1) is 8.99. The fourth-order valence-corrected chi connectivity index (χ4v) is 1.74. The fraction of sp³-hybridized carbons (Fsp3) is 0.583. The lowest BCUT2D eigenvalue weighted by Gasteiger charge is -2.05. The second-order valence-corrected chi connectivity index (χ2v) is 5.17. The van der Waals surface area contributed by atoms with Gasteiger partial charge < -0.3 is 0 Å². The third-order valence-electron chi connectivity index (χ3n) is 2.58. The molecule has 0 amide bonds. The van der Waals surface area contributed by atoms with Crippen LogP contribution < -0.4 is 0 Å². The standard InChI is InChI=1S/C12H18N6O/c1-8(2)5-10-15-11(9(3)4)18(16-10)12(19)17-7-13-6-14-17/h6-9H,5H2,1-4H3. The second kappa shape index (κ2) is 5.29. The Morgan fingerprint density at radius 1 is 1.32 bits per heavy atom. The maximum atomic E-state index is 12.3. The molecule has 0 aromatic carbocycles. The third kappa shape index (κ3) is 2.86. The lowest BCUT2D eigenvalue weighted by atomic mass is 10.1. The summed E-state index contributed by atoms with van der Waals surface area (Å²) >= 11 is 0. The highest BCUT2D eigenvalue weighted by molar-refractivity contribution is 5.77. The van der Waals surface area contributed by atoms with Crippen LogP contribution in [0, 0.1) is 5.92 Å². The number of carbonyl (C=O) groups excluding carboxylic acids is 1. The van der Waals surface area contributed by atoms with E-state index in [0.717, 1.165) is 11.1 Å². The highest BCUT2D eigenvalue weighted by Gasteiger charge is 2.20. The van der Waals surface area contributed by atoms with Gasteiger partial charge in [-0.15, -0.1) is 5.10 Å². The number of aromatic nitrogens is 6. The van der Waals surface area contributed by atoms with Crippen molar-refractivity contribution >= 4 is 6.03 Å². The molecule has 0 unspecified atom stereocenters. The Kier molecular flexibility index (Phi) is 3.73. The minimum absolute atomic E-state index is 0.112. The van der Waals surface area contributed by atoms with Crippen molar-refractivity contribution in [2.75, 3.05) is 0 Å². The molecular formula is C12H18N6O. The molecule has 0 aliphatic rings. The van der Waals surface area contributed by atoms with Crippen molar-refractivity contribution in [3.05, 3.63) is 24.3 Å². The van der Waals surface area contributed by atoms with Gasteiger partial charge >= 0.3 is 6.03 Å². The molecule has 2 rings (SSSR count). The normalized spacial score (nSPS) is 11.5. The van der Waals surface area contributed by atoms with E-state index in [0.29, 0.717) is 17.6 Å². The fourth-order valence-electron chi connectivity index (χ4n) is 1.74. The van der Waals surface area contributed by atoms with Gasteiger partial charge in [0.15, 0.2) is 5.82 Å². The smallest absolute Gasteiger partial charge is 0.243 e. The summed E-state index contributed by atoms with van der Waals surface area (Å²) in [7, 11) is 0. The molecule has 2 aromatic heterocycles. The molecule has 7 heteroatoms. The van der Waals surface area contributed by atoms with E-state index in [-0.39, 0.29) is 11.9 Å². The van der Waals surface area contributed by atoms with E-state index in [9.17, 15) is 4.79 Å². The Bertz CT molecular complexity index is 555. The number of hydrogen-bond acceptors (Lipinski definition) is 5. The molecule has 0 saturated heterocycles. The summed E-state index contributed by atoms with van der Waals surface area (Å²) < 4.78 is 2.47. The molecule has 2 heterocycles. The molecule has 0 N–H and O–H groups in total. The summed E-state index contributed by atoms with van der Waals surface area (Å²) in [5, 5.41) is 8.13. The molecule has 0 bridgehead atoms. The van der Waals surface area contributed by atoms with Crippen LogP contribution in [-0.2, 0) is 6.42 Å². The largest absolute Gasteiger partial charge is 0.372 e. The lowest BCUT2D eigenvalue weighted by Crippen LogP contribution is -2.24. The van der Waals surface area contributed by atoms with Gasteiger partial charge in [-0.05, 0) is 5.92 Å². The van der Waals surface area contributed by atoms with E-state index >= 15 is 0 Å². The van der Waals surface area contributed by atoms with E-state index in [1.54, 1.807) is 0 Å². The van der Waals surface area contributed by atoms with Crippen LogP contribution in [0.15, 0.2) is 12.7 Å². The van der Waals surface area contributed by atoms with Crippen molar-refractivity contribution in [2.24, 2.45) is 5.92 Å². The molecule has 2 aromatic rings. The highest BCUT2D eigenvalue weighted by Crippen LogP contribution is 2.14. The van der Waals surface area contributed by atoms with Crippen LogP contribution in [0.2, 0.25) is 0 Å².